The summed E-state index contributed by atoms with van der Waals surface area (Å²) in [6.45, 7) is 4.90. The summed E-state index contributed by atoms with van der Waals surface area (Å²) in [5.41, 5.74) is 1.19. The molecule has 6 heteroatoms. The molecule has 0 saturated carbocycles. The van der Waals surface area contributed by atoms with E-state index >= 15 is 0 Å². The molecule has 1 unspecified atom stereocenters. The van der Waals surface area contributed by atoms with Gasteiger partial charge in [0.2, 0.25) is 5.91 Å². The maximum absolute atomic E-state index is 12.9. The molecule has 1 atom stereocenters. The van der Waals surface area contributed by atoms with Crippen LogP contribution < -0.4 is 0 Å². The highest BCUT2D eigenvalue weighted by Gasteiger charge is 2.40. The van der Waals surface area contributed by atoms with Crippen LogP contribution in [0.5, 0.6) is 0 Å². The van der Waals surface area contributed by atoms with E-state index < -0.39 is 6.09 Å². The molecule has 2 saturated heterocycles. The highest BCUT2D eigenvalue weighted by atomic mass is 16.5. The molecule has 0 aromatic heterocycles. The molecule has 0 N–H and O–H groups in total. The first-order valence-electron chi connectivity index (χ1n) is 9.00. The van der Waals surface area contributed by atoms with E-state index in [0.717, 1.165) is 45.1 Å². The lowest BCUT2D eigenvalue weighted by atomic mass is 9.86. The molecule has 2 fully saturated rings. The fourth-order valence-electron chi connectivity index (χ4n) is 4.11. The Morgan fingerprint density at radius 2 is 2.00 bits per heavy atom. The maximum atomic E-state index is 12.9. The zero-order valence-corrected chi connectivity index (χ0v) is 14.8. The number of hydrogen-bond donors (Lipinski definition) is 0. The highest BCUT2D eigenvalue weighted by molar-refractivity contribution is 5.86. The summed E-state index contributed by atoms with van der Waals surface area (Å²) in [7, 11) is 1.37. The van der Waals surface area contributed by atoms with Gasteiger partial charge in [-0.05, 0) is 45.4 Å². The van der Waals surface area contributed by atoms with Crippen molar-refractivity contribution in [1.82, 2.24) is 9.80 Å². The number of carbonyl (C=O) groups is 2. The van der Waals surface area contributed by atoms with Crippen LogP contribution in [-0.2, 0) is 14.3 Å². The van der Waals surface area contributed by atoms with Crippen LogP contribution in [-0.4, -0.2) is 66.8 Å². The van der Waals surface area contributed by atoms with E-state index in [1.165, 1.54) is 12.7 Å². The van der Waals surface area contributed by atoms with Gasteiger partial charge in [0.1, 0.15) is 6.04 Å². The molecule has 0 aromatic rings. The van der Waals surface area contributed by atoms with Crippen molar-refractivity contribution in [2.75, 3.05) is 33.4 Å². The Hall–Kier alpha value is -1.56. The van der Waals surface area contributed by atoms with Gasteiger partial charge in [0.15, 0.2) is 0 Å². The first kappa shape index (κ1) is 17.3. The fraction of sp³-hybridized carbons (Fsp3) is 0.778. The van der Waals surface area contributed by atoms with E-state index in [1.807, 2.05) is 4.90 Å². The van der Waals surface area contributed by atoms with Gasteiger partial charge in [0.25, 0.3) is 0 Å². The van der Waals surface area contributed by atoms with Gasteiger partial charge >= 0.3 is 6.09 Å². The molecule has 0 radical (unpaired) electrons. The molecule has 3 aliphatic rings. The van der Waals surface area contributed by atoms with E-state index in [0.29, 0.717) is 19.6 Å². The van der Waals surface area contributed by atoms with Crippen molar-refractivity contribution >= 4 is 12.0 Å². The van der Waals surface area contributed by atoms with Crippen molar-refractivity contribution in [2.24, 2.45) is 0 Å². The maximum Gasteiger partial charge on any atom is 0.410 e. The summed E-state index contributed by atoms with van der Waals surface area (Å²) in [5.74, 6) is 0.0615. The predicted molar refractivity (Wildman–Crippen MR) is 89.6 cm³/mol. The molecule has 2 amide bonds. The lowest BCUT2D eigenvalue weighted by Gasteiger charge is -2.44. The van der Waals surface area contributed by atoms with Gasteiger partial charge in [-0.2, -0.15) is 0 Å². The van der Waals surface area contributed by atoms with Crippen LogP contribution in [0.2, 0.25) is 0 Å². The van der Waals surface area contributed by atoms with E-state index in [-0.39, 0.29) is 17.6 Å². The molecule has 6 nitrogen and oxygen atoms in total. The number of methoxy groups -OCH3 is 1. The van der Waals surface area contributed by atoms with Crippen LogP contribution in [0.25, 0.3) is 0 Å². The molecule has 3 rings (SSSR count). The number of amides is 2. The molecule has 0 bridgehead atoms. The van der Waals surface area contributed by atoms with Gasteiger partial charge in [-0.25, -0.2) is 4.79 Å². The summed E-state index contributed by atoms with van der Waals surface area (Å²) in [6, 6.07) is -0.371. The van der Waals surface area contributed by atoms with Crippen LogP contribution in [0, 0.1) is 0 Å². The monoisotopic (exact) mass is 336 g/mol. The summed E-state index contributed by atoms with van der Waals surface area (Å²) in [5, 5.41) is 0. The zero-order chi connectivity index (χ0) is 17.2. The number of ether oxygens (including phenoxy) is 2. The van der Waals surface area contributed by atoms with Crippen molar-refractivity contribution in [3.63, 3.8) is 0 Å². The average Bonchev–Trinajstić information content (AvgIpc) is 2.61. The lowest BCUT2D eigenvalue weighted by Crippen LogP contribution is -2.56. The molecule has 134 valence electrons. The Labute approximate surface area is 143 Å². The zero-order valence-electron chi connectivity index (χ0n) is 14.8. The molecular formula is C18H28N2O4. The number of carbonyl (C=O) groups excluding carboxylic acids is 2. The summed E-state index contributed by atoms with van der Waals surface area (Å²) >= 11 is 0. The van der Waals surface area contributed by atoms with Gasteiger partial charge in [0, 0.05) is 19.6 Å². The Balaban J connectivity index is 1.64. The first-order chi connectivity index (χ1) is 11.5. The third kappa shape index (κ3) is 3.43. The van der Waals surface area contributed by atoms with Gasteiger partial charge in [0.05, 0.1) is 19.3 Å². The normalized spacial score (nSPS) is 26.9. The summed E-state index contributed by atoms with van der Waals surface area (Å²) in [6.07, 6.45) is 7.16. The second-order valence-electron chi connectivity index (χ2n) is 7.15. The van der Waals surface area contributed by atoms with Crippen molar-refractivity contribution in [3.05, 3.63) is 11.6 Å². The van der Waals surface area contributed by atoms with Gasteiger partial charge in [-0.15, -0.1) is 0 Å². The number of hydrogen-bond acceptors (Lipinski definition) is 4. The minimum Gasteiger partial charge on any atom is -0.453 e. The minimum absolute atomic E-state index is 0.0615. The average molecular weight is 336 g/mol. The number of nitrogens with zero attached hydrogens (tertiary/aromatic N) is 2. The second kappa shape index (κ2) is 7.13. The number of piperidine rings is 2. The van der Waals surface area contributed by atoms with Crippen molar-refractivity contribution < 1.29 is 19.1 Å². The standard InChI is InChI=1S/C18H28N2O4/c1-14-6-12-24-18(13-14)7-10-19(11-8-18)16(21)15-5-3-4-9-20(15)17(22)23-2/h13,15H,3-12H2,1-2H3. The Kier molecular flexibility index (Phi) is 5.13. The lowest BCUT2D eigenvalue weighted by molar-refractivity contribution is -0.142. The fourth-order valence-corrected chi connectivity index (χ4v) is 4.11. The third-order valence-electron chi connectivity index (χ3n) is 5.51. The molecular weight excluding hydrogens is 308 g/mol. The first-order valence-corrected chi connectivity index (χ1v) is 9.00. The van der Waals surface area contributed by atoms with Crippen LogP contribution in [0.15, 0.2) is 11.6 Å². The largest absolute Gasteiger partial charge is 0.453 e. The van der Waals surface area contributed by atoms with Gasteiger partial charge < -0.3 is 14.4 Å². The van der Waals surface area contributed by atoms with E-state index in [1.54, 1.807) is 4.90 Å². The Bertz CT molecular complexity index is 523. The summed E-state index contributed by atoms with van der Waals surface area (Å²) < 4.78 is 10.9. The van der Waals surface area contributed by atoms with Gasteiger partial charge in [-0.3, -0.25) is 9.69 Å². The summed E-state index contributed by atoms with van der Waals surface area (Å²) in [4.78, 5) is 28.4. The molecule has 3 heterocycles. The van der Waals surface area contributed by atoms with E-state index in [2.05, 4.69) is 13.0 Å². The van der Waals surface area contributed by atoms with Crippen LogP contribution in [0.3, 0.4) is 0 Å². The SMILES string of the molecule is COC(=O)N1CCCCC1C(=O)N1CCC2(C=C(C)CCO2)CC1. The molecule has 24 heavy (non-hydrogen) atoms. The van der Waals surface area contributed by atoms with Crippen LogP contribution in [0.4, 0.5) is 4.79 Å². The second-order valence-corrected chi connectivity index (χ2v) is 7.15. The van der Waals surface area contributed by atoms with Crippen LogP contribution in [0.1, 0.15) is 45.4 Å². The number of rotatable bonds is 1. The van der Waals surface area contributed by atoms with E-state index in [9.17, 15) is 9.59 Å². The minimum atomic E-state index is -0.393. The topological polar surface area (TPSA) is 59.1 Å². The molecule has 0 aliphatic carbocycles. The van der Waals surface area contributed by atoms with Gasteiger partial charge in [-0.1, -0.05) is 11.6 Å². The smallest absolute Gasteiger partial charge is 0.410 e. The molecule has 0 aromatic carbocycles. The molecule has 3 aliphatic heterocycles. The number of likely N-dealkylation sites (tertiary alicyclic amines) is 2. The van der Waals surface area contributed by atoms with Crippen molar-refractivity contribution in [3.8, 4) is 0 Å². The van der Waals surface area contributed by atoms with E-state index in [4.69, 9.17) is 9.47 Å². The third-order valence-corrected chi connectivity index (χ3v) is 5.51. The van der Waals surface area contributed by atoms with Crippen molar-refractivity contribution in [1.29, 1.82) is 0 Å². The highest BCUT2D eigenvalue weighted by Crippen LogP contribution is 2.33. The Morgan fingerprint density at radius 1 is 1.25 bits per heavy atom. The Morgan fingerprint density at radius 3 is 2.67 bits per heavy atom. The van der Waals surface area contributed by atoms with Crippen molar-refractivity contribution in [2.45, 2.75) is 57.1 Å². The quantitative estimate of drug-likeness (QED) is 0.690. The molecule has 1 spiro atoms. The van der Waals surface area contributed by atoms with Crippen LogP contribution >= 0.6 is 0 Å². The predicted octanol–water partition coefficient (Wildman–Crippen LogP) is 2.34.